The molecule has 2 rings (SSSR count). The number of aromatic nitrogens is 1. The fourth-order valence-corrected chi connectivity index (χ4v) is 1.35. The second-order valence-electron chi connectivity index (χ2n) is 3.22. The Bertz CT molecular complexity index is 389. The molecular formula is C10H11NO. The van der Waals surface area contributed by atoms with Gasteiger partial charge < -0.3 is 4.42 Å². The van der Waals surface area contributed by atoms with Crippen LogP contribution < -0.4 is 0 Å². The molecule has 0 bridgehead atoms. The van der Waals surface area contributed by atoms with E-state index >= 15 is 0 Å². The molecule has 2 heterocycles. The van der Waals surface area contributed by atoms with E-state index in [2.05, 4.69) is 18.8 Å². The van der Waals surface area contributed by atoms with Crippen LogP contribution in [-0.4, -0.2) is 4.98 Å². The first-order valence-electron chi connectivity index (χ1n) is 4.10. The smallest absolute Gasteiger partial charge is 0.152 e. The fourth-order valence-electron chi connectivity index (χ4n) is 1.35. The first kappa shape index (κ1) is 7.35. The van der Waals surface area contributed by atoms with Gasteiger partial charge in [-0.1, -0.05) is 13.8 Å². The average molecular weight is 161 g/mol. The molecule has 0 radical (unpaired) electrons. The summed E-state index contributed by atoms with van der Waals surface area (Å²) < 4.78 is 5.35. The quantitative estimate of drug-likeness (QED) is 0.642. The molecule has 2 heteroatoms. The van der Waals surface area contributed by atoms with Crippen LogP contribution in [0.15, 0.2) is 29.1 Å². The summed E-state index contributed by atoms with van der Waals surface area (Å²) in [5.74, 6) is 0.508. The van der Waals surface area contributed by atoms with Crippen molar-refractivity contribution in [2.75, 3.05) is 0 Å². The SMILES string of the molecule is CC(C)c1coc2cnccc12. The third-order valence-electron chi connectivity index (χ3n) is 2.03. The molecule has 0 fully saturated rings. The molecule has 0 N–H and O–H groups in total. The van der Waals surface area contributed by atoms with E-state index in [0.717, 1.165) is 5.58 Å². The number of furan rings is 1. The van der Waals surface area contributed by atoms with Crippen LogP contribution in [0.25, 0.3) is 11.0 Å². The van der Waals surface area contributed by atoms with Gasteiger partial charge in [0.15, 0.2) is 5.58 Å². The number of nitrogens with zero attached hydrogens (tertiary/aromatic N) is 1. The van der Waals surface area contributed by atoms with Crippen molar-refractivity contribution >= 4 is 11.0 Å². The van der Waals surface area contributed by atoms with Crippen molar-refractivity contribution in [3.05, 3.63) is 30.3 Å². The van der Waals surface area contributed by atoms with E-state index in [0.29, 0.717) is 5.92 Å². The van der Waals surface area contributed by atoms with Crippen LogP contribution in [0, 0.1) is 0 Å². The van der Waals surface area contributed by atoms with E-state index in [9.17, 15) is 0 Å². The van der Waals surface area contributed by atoms with Crippen molar-refractivity contribution < 1.29 is 4.42 Å². The summed E-state index contributed by atoms with van der Waals surface area (Å²) in [6.07, 6.45) is 5.36. The lowest BCUT2D eigenvalue weighted by Crippen LogP contribution is -1.83. The minimum atomic E-state index is 0.508. The molecule has 0 aliphatic rings. The van der Waals surface area contributed by atoms with Gasteiger partial charge in [-0.05, 0) is 12.0 Å². The first-order chi connectivity index (χ1) is 5.79. The second kappa shape index (κ2) is 2.63. The fraction of sp³-hybridized carbons (Fsp3) is 0.300. The van der Waals surface area contributed by atoms with E-state index < -0.39 is 0 Å². The van der Waals surface area contributed by atoms with Crippen LogP contribution in [-0.2, 0) is 0 Å². The number of fused-ring (bicyclic) bond motifs is 1. The van der Waals surface area contributed by atoms with Crippen molar-refractivity contribution in [2.45, 2.75) is 19.8 Å². The molecule has 2 aromatic rings. The Labute approximate surface area is 71.2 Å². The summed E-state index contributed by atoms with van der Waals surface area (Å²) in [6.45, 7) is 4.31. The number of pyridine rings is 1. The Kier molecular flexibility index (Phi) is 1.61. The Balaban J connectivity index is 2.70. The van der Waals surface area contributed by atoms with Gasteiger partial charge in [0, 0.05) is 17.1 Å². The minimum Gasteiger partial charge on any atom is -0.462 e. The normalized spacial score (nSPS) is 11.2. The van der Waals surface area contributed by atoms with E-state index in [1.165, 1.54) is 10.9 Å². The van der Waals surface area contributed by atoms with Crippen molar-refractivity contribution in [1.82, 2.24) is 4.98 Å². The van der Waals surface area contributed by atoms with Gasteiger partial charge in [-0.15, -0.1) is 0 Å². The van der Waals surface area contributed by atoms with E-state index in [1.807, 2.05) is 12.3 Å². The topological polar surface area (TPSA) is 26.0 Å². The summed E-state index contributed by atoms with van der Waals surface area (Å²) in [4.78, 5) is 3.99. The molecule has 12 heavy (non-hydrogen) atoms. The molecule has 0 atom stereocenters. The summed E-state index contributed by atoms with van der Waals surface area (Å²) in [5, 5.41) is 1.18. The summed E-state index contributed by atoms with van der Waals surface area (Å²) in [6, 6.07) is 1.99. The van der Waals surface area contributed by atoms with Gasteiger partial charge in [-0.2, -0.15) is 0 Å². The predicted molar refractivity (Wildman–Crippen MR) is 48.1 cm³/mol. The highest BCUT2D eigenvalue weighted by Gasteiger charge is 2.07. The molecule has 0 amide bonds. The number of hydrogen-bond acceptors (Lipinski definition) is 2. The highest BCUT2D eigenvalue weighted by Crippen LogP contribution is 2.25. The molecule has 0 aromatic carbocycles. The monoisotopic (exact) mass is 161 g/mol. The maximum atomic E-state index is 5.35. The predicted octanol–water partition coefficient (Wildman–Crippen LogP) is 2.95. The summed E-state index contributed by atoms with van der Waals surface area (Å²) in [5.41, 5.74) is 2.13. The van der Waals surface area contributed by atoms with Gasteiger partial charge in [0.1, 0.15) is 0 Å². The van der Waals surface area contributed by atoms with E-state index in [-0.39, 0.29) is 0 Å². The van der Waals surface area contributed by atoms with Gasteiger partial charge in [0.05, 0.1) is 12.5 Å². The average Bonchev–Trinajstić information content (AvgIpc) is 2.47. The molecule has 0 saturated carbocycles. The summed E-state index contributed by atoms with van der Waals surface area (Å²) in [7, 11) is 0. The van der Waals surface area contributed by atoms with E-state index in [1.54, 1.807) is 12.4 Å². The maximum absolute atomic E-state index is 5.35. The third-order valence-corrected chi connectivity index (χ3v) is 2.03. The zero-order chi connectivity index (χ0) is 8.55. The maximum Gasteiger partial charge on any atom is 0.152 e. The molecular weight excluding hydrogens is 150 g/mol. The lowest BCUT2D eigenvalue weighted by atomic mass is 10.0. The number of rotatable bonds is 1. The zero-order valence-electron chi connectivity index (χ0n) is 7.24. The van der Waals surface area contributed by atoms with Crippen LogP contribution in [0.3, 0.4) is 0 Å². The lowest BCUT2D eigenvalue weighted by molar-refractivity contribution is 0.605. The van der Waals surface area contributed by atoms with Crippen molar-refractivity contribution in [3.8, 4) is 0 Å². The molecule has 0 aliphatic heterocycles. The largest absolute Gasteiger partial charge is 0.462 e. The molecule has 2 nitrogen and oxygen atoms in total. The Morgan fingerprint density at radius 3 is 3.00 bits per heavy atom. The third kappa shape index (κ3) is 0.998. The molecule has 0 aliphatic carbocycles. The van der Waals surface area contributed by atoms with Gasteiger partial charge in [0.25, 0.3) is 0 Å². The number of hydrogen-bond donors (Lipinski definition) is 0. The molecule has 0 spiro atoms. The van der Waals surface area contributed by atoms with Gasteiger partial charge in [-0.25, -0.2) is 0 Å². The molecule has 0 saturated heterocycles. The highest BCUT2D eigenvalue weighted by atomic mass is 16.3. The van der Waals surface area contributed by atoms with Crippen molar-refractivity contribution in [3.63, 3.8) is 0 Å². The van der Waals surface area contributed by atoms with Crippen LogP contribution >= 0.6 is 0 Å². The summed E-state index contributed by atoms with van der Waals surface area (Å²) >= 11 is 0. The zero-order valence-corrected chi connectivity index (χ0v) is 7.24. The van der Waals surface area contributed by atoms with Crippen molar-refractivity contribution in [1.29, 1.82) is 0 Å². The van der Waals surface area contributed by atoms with Crippen LogP contribution in [0.4, 0.5) is 0 Å². The van der Waals surface area contributed by atoms with Gasteiger partial charge >= 0.3 is 0 Å². The Morgan fingerprint density at radius 2 is 2.25 bits per heavy atom. The van der Waals surface area contributed by atoms with Gasteiger partial charge in [0.2, 0.25) is 0 Å². The highest BCUT2D eigenvalue weighted by molar-refractivity contribution is 5.80. The van der Waals surface area contributed by atoms with Crippen LogP contribution in [0.5, 0.6) is 0 Å². The van der Waals surface area contributed by atoms with Crippen LogP contribution in [0.2, 0.25) is 0 Å². The molecule has 62 valence electrons. The first-order valence-corrected chi connectivity index (χ1v) is 4.10. The minimum absolute atomic E-state index is 0.508. The Morgan fingerprint density at radius 1 is 1.42 bits per heavy atom. The van der Waals surface area contributed by atoms with E-state index in [4.69, 9.17) is 4.42 Å². The van der Waals surface area contributed by atoms with Crippen molar-refractivity contribution in [2.24, 2.45) is 0 Å². The lowest BCUT2D eigenvalue weighted by Gasteiger charge is -1.98. The van der Waals surface area contributed by atoms with Gasteiger partial charge in [-0.3, -0.25) is 4.98 Å². The Hall–Kier alpha value is -1.31. The molecule has 2 aromatic heterocycles. The second-order valence-corrected chi connectivity index (χ2v) is 3.22. The standard InChI is InChI=1S/C10H11NO/c1-7(2)9-6-12-10-5-11-4-3-8(9)10/h3-7H,1-2H3. The molecule has 0 unspecified atom stereocenters. The van der Waals surface area contributed by atoms with Crippen LogP contribution in [0.1, 0.15) is 25.3 Å².